The van der Waals surface area contributed by atoms with Gasteiger partial charge in [0.2, 0.25) is 17.7 Å². The molecule has 0 bridgehead atoms. The van der Waals surface area contributed by atoms with Crippen molar-refractivity contribution in [3.05, 3.63) is 100 Å². The van der Waals surface area contributed by atoms with Gasteiger partial charge in [-0.25, -0.2) is 13.6 Å². The molecule has 5 N–H and O–H groups in total. The predicted octanol–water partition coefficient (Wildman–Crippen LogP) is 8.08. The largest absolute Gasteiger partial charge is 0.494 e. The van der Waals surface area contributed by atoms with Crippen molar-refractivity contribution < 1.29 is 37.4 Å². The van der Waals surface area contributed by atoms with E-state index in [2.05, 4.69) is 26.9 Å². The number of benzene rings is 4. The molecule has 4 aromatic carbocycles. The molecule has 1 aromatic heterocycles. The number of imide groups is 1. The minimum Gasteiger partial charge on any atom is -0.494 e. The van der Waals surface area contributed by atoms with Gasteiger partial charge in [-0.2, -0.15) is 5.10 Å². The summed E-state index contributed by atoms with van der Waals surface area (Å²) in [7, 11) is 3.18. The van der Waals surface area contributed by atoms with Gasteiger partial charge in [-0.3, -0.25) is 29.3 Å². The molecule has 17 heteroatoms. The molecule has 4 heterocycles. The highest BCUT2D eigenvalue weighted by atomic mass is 35.5. The number of carbonyl (C=O) groups excluding carboxylic acids is 4. The number of halogens is 3. The third-order valence-electron chi connectivity index (χ3n) is 14.7. The average Bonchev–Trinajstić information content (AvgIpc) is 3.83. The summed E-state index contributed by atoms with van der Waals surface area (Å²) in [5.74, 6) is -2.27. The molecule has 0 spiro atoms. The molecule has 358 valence electrons. The highest BCUT2D eigenvalue weighted by molar-refractivity contribution is 6.34. The number of carbonyl (C=O) groups is 4. The first-order valence-corrected chi connectivity index (χ1v) is 23.9. The van der Waals surface area contributed by atoms with Gasteiger partial charge in [0.25, 0.3) is 0 Å². The second-order valence-electron chi connectivity index (χ2n) is 18.6. The Morgan fingerprint density at radius 1 is 0.985 bits per heavy atom. The smallest absolute Gasteiger partial charge is 0.329 e. The van der Waals surface area contributed by atoms with E-state index in [1.165, 1.54) is 30.2 Å². The number of piperidine rings is 1. The maximum atomic E-state index is 16.2. The Labute approximate surface area is 398 Å². The molecule has 5 aromatic rings. The summed E-state index contributed by atoms with van der Waals surface area (Å²) in [6, 6.07) is 19.1. The SMILES string of the molecule is COc1ccc(C(N)=O)c(-c2c(Cl)c(F)cc3c2C(C)C(CNC2CCC(C(=O)NCCCC4CCN(c5cccc6c(N7CCC(=O)NC7=O)nn(C)c56)CC4)CC2)(c2ccccc2)O3)c1F. The molecule has 0 radical (unpaired) electrons. The number of hydrogen-bond acceptors (Lipinski definition) is 9. The zero-order valence-electron chi connectivity index (χ0n) is 38.5. The van der Waals surface area contributed by atoms with Crippen molar-refractivity contribution >= 4 is 57.8 Å². The van der Waals surface area contributed by atoms with Crippen LogP contribution in [0.5, 0.6) is 11.5 Å². The number of aryl methyl sites for hydroxylation is 1. The van der Waals surface area contributed by atoms with E-state index in [0.29, 0.717) is 36.9 Å². The van der Waals surface area contributed by atoms with Gasteiger partial charge in [-0.1, -0.05) is 54.9 Å². The molecule has 1 aliphatic carbocycles. The zero-order chi connectivity index (χ0) is 47.9. The van der Waals surface area contributed by atoms with Crippen molar-refractivity contribution in [1.29, 1.82) is 0 Å². The molecular weight excluding hydrogens is 894 g/mol. The van der Waals surface area contributed by atoms with Crippen LogP contribution < -0.4 is 41.0 Å². The highest BCUT2D eigenvalue weighted by Gasteiger charge is 2.50. The molecule has 3 aliphatic heterocycles. The quantitative estimate of drug-likeness (QED) is 0.0804. The maximum absolute atomic E-state index is 16.2. The first-order valence-electron chi connectivity index (χ1n) is 23.6. The van der Waals surface area contributed by atoms with Crippen molar-refractivity contribution in [1.82, 2.24) is 25.7 Å². The molecule has 2 saturated heterocycles. The number of nitrogens with two attached hydrogens (primary N) is 1. The first-order chi connectivity index (χ1) is 32.8. The number of nitrogens with zero attached hydrogens (tertiary/aromatic N) is 4. The molecule has 5 amide bonds. The third kappa shape index (κ3) is 8.72. The Kier molecular flexibility index (Phi) is 13.4. The molecule has 9 rings (SSSR count). The summed E-state index contributed by atoms with van der Waals surface area (Å²) < 4.78 is 45.8. The van der Waals surface area contributed by atoms with Gasteiger partial charge in [0.05, 0.1) is 28.9 Å². The zero-order valence-corrected chi connectivity index (χ0v) is 39.3. The van der Waals surface area contributed by atoms with Crippen LogP contribution in [-0.2, 0) is 22.2 Å². The lowest BCUT2D eigenvalue weighted by molar-refractivity contribution is -0.126. The van der Waals surface area contributed by atoms with Gasteiger partial charge in [-0.15, -0.1) is 0 Å². The number of urea groups is 1. The van der Waals surface area contributed by atoms with Crippen LogP contribution in [-0.4, -0.2) is 79.4 Å². The molecule has 3 fully saturated rings. The standard InChI is InChI=1S/C51H57ClF2N8O6/c1-29-41-39(27-36(53)44(52)43(41)42-34(47(55)64)18-19-38(67-3)45(42)54)68-51(29,32-10-5-4-6-11-32)28-57-33-16-14-31(15-17-33)49(65)56-23-8-9-30-20-24-61(25-21-30)37-13-7-12-35-46(37)60(2)59-48(35)62-26-22-40(63)58-50(62)66/h4-7,10-13,18-19,27,29-31,33,57H,8-9,14-17,20-26,28H2,1-3H3,(H2,55,64)(H,56,65)(H,58,63,66). The van der Waals surface area contributed by atoms with Gasteiger partial charge in [-0.05, 0) is 87.1 Å². The summed E-state index contributed by atoms with van der Waals surface area (Å²) in [4.78, 5) is 54.4. The monoisotopic (exact) mass is 950 g/mol. The Balaban J connectivity index is 0.781. The fourth-order valence-electron chi connectivity index (χ4n) is 11.0. The molecule has 68 heavy (non-hydrogen) atoms. The fourth-order valence-corrected chi connectivity index (χ4v) is 11.2. The minimum absolute atomic E-state index is 0.00715. The first kappa shape index (κ1) is 46.8. The Hall–Kier alpha value is -6.26. The van der Waals surface area contributed by atoms with Gasteiger partial charge in [0, 0.05) is 92.2 Å². The lowest BCUT2D eigenvalue weighted by Crippen LogP contribution is -2.49. The number of methoxy groups -OCH3 is 1. The number of nitrogens with one attached hydrogen (secondary N) is 3. The molecule has 1 saturated carbocycles. The number of aromatic nitrogens is 2. The highest BCUT2D eigenvalue weighted by Crippen LogP contribution is 2.56. The van der Waals surface area contributed by atoms with E-state index in [1.54, 1.807) is 0 Å². The van der Waals surface area contributed by atoms with Crippen molar-refractivity contribution in [2.75, 3.05) is 49.6 Å². The normalized spacial score (nSPS) is 21.9. The average molecular weight is 952 g/mol. The van der Waals surface area contributed by atoms with Crippen molar-refractivity contribution in [2.24, 2.45) is 24.6 Å². The van der Waals surface area contributed by atoms with Gasteiger partial charge >= 0.3 is 6.03 Å². The van der Waals surface area contributed by atoms with Crippen LogP contribution in [0.4, 0.5) is 25.1 Å². The van der Waals surface area contributed by atoms with E-state index in [4.69, 9.17) is 31.9 Å². The fraction of sp³-hybridized carbons (Fsp3) is 0.431. The number of fused-ring (bicyclic) bond motifs is 2. The summed E-state index contributed by atoms with van der Waals surface area (Å²) in [6.45, 7) is 4.96. The summed E-state index contributed by atoms with van der Waals surface area (Å²) in [5, 5.41) is 14.5. The summed E-state index contributed by atoms with van der Waals surface area (Å²) in [6.07, 6.45) is 7.23. The van der Waals surface area contributed by atoms with Gasteiger partial charge in [0.1, 0.15) is 11.6 Å². The Bertz CT molecular complexity index is 2760. The topological polar surface area (TPSA) is 173 Å². The van der Waals surface area contributed by atoms with E-state index in [1.807, 2.05) is 61.1 Å². The third-order valence-corrected chi connectivity index (χ3v) is 15.0. The van der Waals surface area contributed by atoms with Crippen LogP contribution in [0.3, 0.4) is 0 Å². The van der Waals surface area contributed by atoms with Crippen LogP contribution in [0.2, 0.25) is 5.02 Å². The maximum Gasteiger partial charge on any atom is 0.329 e. The summed E-state index contributed by atoms with van der Waals surface area (Å²) >= 11 is 6.68. The van der Waals surface area contributed by atoms with Crippen LogP contribution >= 0.6 is 11.6 Å². The van der Waals surface area contributed by atoms with Gasteiger partial charge < -0.3 is 30.7 Å². The minimum atomic E-state index is -1.07. The van der Waals surface area contributed by atoms with E-state index < -0.39 is 35.1 Å². The van der Waals surface area contributed by atoms with Gasteiger partial charge in [0.15, 0.2) is 23.0 Å². The van der Waals surface area contributed by atoms with Crippen LogP contribution in [0.1, 0.15) is 92.1 Å². The Morgan fingerprint density at radius 2 is 1.74 bits per heavy atom. The molecule has 2 unspecified atom stereocenters. The molecule has 14 nitrogen and oxygen atoms in total. The predicted molar refractivity (Wildman–Crippen MR) is 256 cm³/mol. The molecular formula is C51H57ClF2N8O6. The number of hydrogen-bond donors (Lipinski definition) is 4. The number of rotatable bonds is 14. The van der Waals surface area contributed by atoms with E-state index in [-0.39, 0.29) is 63.4 Å². The van der Waals surface area contributed by atoms with Crippen LogP contribution in [0.25, 0.3) is 22.0 Å². The second-order valence-corrected chi connectivity index (χ2v) is 19.0. The van der Waals surface area contributed by atoms with E-state index >= 15 is 8.78 Å². The second kappa shape index (κ2) is 19.4. The van der Waals surface area contributed by atoms with Crippen LogP contribution in [0, 0.1) is 23.5 Å². The lowest BCUT2D eigenvalue weighted by Gasteiger charge is -2.37. The molecule has 4 aliphatic rings. The summed E-state index contributed by atoms with van der Waals surface area (Å²) in [5.41, 5.74) is 7.54. The Morgan fingerprint density at radius 3 is 2.44 bits per heavy atom. The molecule has 2 atom stereocenters. The van der Waals surface area contributed by atoms with E-state index in [9.17, 15) is 19.2 Å². The number of ether oxygens (including phenoxy) is 2. The van der Waals surface area contributed by atoms with Crippen molar-refractivity contribution in [2.45, 2.75) is 82.3 Å². The number of amides is 5. The van der Waals surface area contributed by atoms with E-state index in [0.717, 1.165) is 86.6 Å². The number of para-hydroxylation sites is 1. The number of primary amides is 1. The number of anilines is 2. The van der Waals surface area contributed by atoms with Crippen molar-refractivity contribution in [3.8, 4) is 22.6 Å². The van der Waals surface area contributed by atoms with Crippen LogP contribution in [0.15, 0.2) is 66.7 Å². The van der Waals surface area contributed by atoms with Crippen molar-refractivity contribution in [3.63, 3.8) is 0 Å². The lowest BCUT2D eigenvalue weighted by atomic mass is 9.77.